The average molecular weight is 400 g/mol. The molecule has 1 aromatic carbocycles. The molecular formula is C19H27Cl2N3O2. The second-order valence-electron chi connectivity index (χ2n) is 7.48. The fourth-order valence-corrected chi connectivity index (χ4v) is 2.79. The van der Waals surface area contributed by atoms with E-state index in [0.29, 0.717) is 29.2 Å². The van der Waals surface area contributed by atoms with Crippen LogP contribution in [0.25, 0.3) is 0 Å². The van der Waals surface area contributed by atoms with E-state index in [-0.39, 0.29) is 29.6 Å². The monoisotopic (exact) mass is 399 g/mol. The minimum Gasteiger partial charge on any atom is -0.348 e. The lowest BCUT2D eigenvalue weighted by molar-refractivity contribution is -0.117. The number of carbonyl (C=O) groups excluding carboxylic acids is 2. The summed E-state index contributed by atoms with van der Waals surface area (Å²) in [4.78, 5) is 24.5. The first-order chi connectivity index (χ1) is 11.7. The van der Waals surface area contributed by atoms with Crippen LogP contribution in [0, 0.1) is 5.41 Å². The minimum absolute atomic E-state index is 0. The van der Waals surface area contributed by atoms with E-state index in [1.54, 1.807) is 18.2 Å². The van der Waals surface area contributed by atoms with E-state index in [1.165, 1.54) is 5.57 Å². The van der Waals surface area contributed by atoms with E-state index in [2.05, 4.69) is 22.0 Å². The number of amides is 2. The van der Waals surface area contributed by atoms with Crippen LogP contribution >= 0.6 is 24.0 Å². The molecule has 0 saturated heterocycles. The Morgan fingerprint density at radius 3 is 2.62 bits per heavy atom. The van der Waals surface area contributed by atoms with Gasteiger partial charge in [0.05, 0.1) is 10.6 Å². The van der Waals surface area contributed by atoms with Crippen LogP contribution in [0.5, 0.6) is 0 Å². The zero-order valence-electron chi connectivity index (χ0n) is 15.4. The normalized spacial score (nSPS) is 14.1. The Hall–Kier alpha value is -1.56. The fourth-order valence-electron chi connectivity index (χ4n) is 2.58. The smallest absolute Gasteiger partial charge is 0.253 e. The second kappa shape index (κ2) is 9.95. The molecule has 7 heteroatoms. The zero-order valence-corrected chi connectivity index (χ0v) is 17.0. The predicted octanol–water partition coefficient (Wildman–Crippen LogP) is 3.79. The molecule has 0 atom stereocenters. The standard InChI is InChI=1S/C19H26ClN3O2.ClH/c1-19(2,3)11-17(24)23-14-4-5-16(20)15(10-14)18(25)22-12-13-6-8-21-9-7-13;/h4-6,10,21H,7-9,11-12H2,1-3H3,(H,22,25)(H,23,24);1H. The largest absolute Gasteiger partial charge is 0.348 e. The maximum Gasteiger partial charge on any atom is 0.253 e. The molecule has 0 unspecified atom stereocenters. The van der Waals surface area contributed by atoms with Crippen molar-refractivity contribution in [3.8, 4) is 0 Å². The first-order valence-electron chi connectivity index (χ1n) is 8.51. The van der Waals surface area contributed by atoms with Crippen LogP contribution in [-0.2, 0) is 4.79 Å². The van der Waals surface area contributed by atoms with Gasteiger partial charge in [-0.15, -0.1) is 12.4 Å². The molecule has 0 spiro atoms. The molecule has 0 aromatic heterocycles. The first kappa shape index (κ1) is 22.5. The lowest BCUT2D eigenvalue weighted by atomic mass is 9.92. The molecule has 0 aliphatic carbocycles. The van der Waals surface area contributed by atoms with Crippen molar-refractivity contribution in [3.05, 3.63) is 40.4 Å². The highest BCUT2D eigenvalue weighted by Crippen LogP contribution is 2.23. The lowest BCUT2D eigenvalue weighted by Gasteiger charge is -2.18. The summed E-state index contributed by atoms with van der Waals surface area (Å²) in [6.07, 6.45) is 3.42. The van der Waals surface area contributed by atoms with Crippen LogP contribution in [0.2, 0.25) is 5.02 Å². The molecule has 0 fully saturated rings. The van der Waals surface area contributed by atoms with E-state index in [1.807, 2.05) is 20.8 Å². The van der Waals surface area contributed by atoms with Gasteiger partial charge in [0.2, 0.25) is 5.91 Å². The molecule has 5 nitrogen and oxygen atoms in total. The molecular weight excluding hydrogens is 373 g/mol. The molecule has 144 valence electrons. The van der Waals surface area contributed by atoms with Crippen molar-refractivity contribution >= 4 is 41.5 Å². The number of hydrogen-bond acceptors (Lipinski definition) is 3. The van der Waals surface area contributed by atoms with Gasteiger partial charge in [-0.2, -0.15) is 0 Å². The Morgan fingerprint density at radius 2 is 2.00 bits per heavy atom. The van der Waals surface area contributed by atoms with E-state index < -0.39 is 0 Å². The van der Waals surface area contributed by atoms with Gasteiger partial charge in [0.1, 0.15) is 0 Å². The third-order valence-corrected chi connectivity index (χ3v) is 4.15. The van der Waals surface area contributed by atoms with Crippen molar-refractivity contribution in [1.82, 2.24) is 10.6 Å². The molecule has 0 saturated carbocycles. The van der Waals surface area contributed by atoms with Gasteiger partial charge in [-0.25, -0.2) is 0 Å². The summed E-state index contributed by atoms with van der Waals surface area (Å²) >= 11 is 6.16. The number of nitrogens with one attached hydrogen (secondary N) is 3. The van der Waals surface area contributed by atoms with Gasteiger partial charge in [-0.3, -0.25) is 9.59 Å². The number of anilines is 1. The summed E-state index contributed by atoms with van der Waals surface area (Å²) in [5.74, 6) is -0.322. The molecule has 1 aliphatic heterocycles. The summed E-state index contributed by atoms with van der Waals surface area (Å²) in [5.41, 5.74) is 2.05. The number of rotatable bonds is 5. The first-order valence-corrected chi connectivity index (χ1v) is 8.89. The maximum atomic E-state index is 12.4. The molecule has 2 rings (SSSR count). The van der Waals surface area contributed by atoms with E-state index in [4.69, 9.17) is 11.6 Å². The van der Waals surface area contributed by atoms with Gasteiger partial charge in [-0.1, -0.05) is 44.0 Å². The number of benzene rings is 1. The minimum atomic E-state index is -0.239. The average Bonchev–Trinajstić information content (AvgIpc) is 2.53. The van der Waals surface area contributed by atoms with Crippen molar-refractivity contribution in [2.75, 3.05) is 25.0 Å². The van der Waals surface area contributed by atoms with Crippen LogP contribution in [0.3, 0.4) is 0 Å². The zero-order chi connectivity index (χ0) is 18.4. The van der Waals surface area contributed by atoms with Crippen LogP contribution in [-0.4, -0.2) is 31.4 Å². The highest BCUT2D eigenvalue weighted by Gasteiger charge is 2.17. The van der Waals surface area contributed by atoms with Crippen LogP contribution in [0.4, 0.5) is 5.69 Å². The van der Waals surface area contributed by atoms with Gasteiger partial charge >= 0.3 is 0 Å². The number of hydrogen-bond donors (Lipinski definition) is 3. The molecule has 3 N–H and O–H groups in total. The molecule has 1 aliphatic rings. The van der Waals surface area contributed by atoms with E-state index in [0.717, 1.165) is 19.5 Å². The van der Waals surface area contributed by atoms with Crippen LogP contribution in [0.15, 0.2) is 29.8 Å². The van der Waals surface area contributed by atoms with Gasteiger partial charge < -0.3 is 16.0 Å². The quantitative estimate of drug-likeness (QED) is 0.659. The maximum absolute atomic E-state index is 12.4. The molecule has 26 heavy (non-hydrogen) atoms. The summed E-state index contributed by atoms with van der Waals surface area (Å²) < 4.78 is 0. The second-order valence-corrected chi connectivity index (χ2v) is 7.89. The van der Waals surface area contributed by atoms with Crippen molar-refractivity contribution in [2.24, 2.45) is 5.41 Å². The van der Waals surface area contributed by atoms with Crippen LogP contribution < -0.4 is 16.0 Å². The number of halogens is 2. The summed E-state index contributed by atoms with van der Waals surface area (Å²) in [5, 5.41) is 9.33. The summed E-state index contributed by atoms with van der Waals surface area (Å²) in [7, 11) is 0. The SMILES string of the molecule is CC(C)(C)CC(=O)Nc1ccc(Cl)c(C(=O)NCC2=CCNCC2)c1.Cl. The predicted molar refractivity (Wildman–Crippen MR) is 109 cm³/mol. The van der Waals surface area contributed by atoms with Crippen molar-refractivity contribution in [2.45, 2.75) is 33.6 Å². The third-order valence-electron chi connectivity index (χ3n) is 3.82. The fraction of sp³-hybridized carbons (Fsp3) is 0.474. The van der Waals surface area contributed by atoms with Crippen molar-refractivity contribution in [1.29, 1.82) is 0 Å². The Kier molecular flexibility index (Phi) is 8.60. The highest BCUT2D eigenvalue weighted by atomic mass is 35.5. The Labute approximate surface area is 166 Å². The van der Waals surface area contributed by atoms with Gasteiger partial charge in [0, 0.05) is 25.2 Å². The summed E-state index contributed by atoms with van der Waals surface area (Å²) in [6, 6.07) is 4.96. The van der Waals surface area contributed by atoms with E-state index >= 15 is 0 Å². The Balaban J connectivity index is 0.00000338. The Bertz CT molecular complexity index is 682. The lowest BCUT2D eigenvalue weighted by Crippen LogP contribution is -2.29. The molecule has 2 amide bonds. The summed E-state index contributed by atoms with van der Waals surface area (Å²) in [6.45, 7) is 8.28. The van der Waals surface area contributed by atoms with Crippen molar-refractivity contribution in [3.63, 3.8) is 0 Å². The molecule has 0 radical (unpaired) electrons. The van der Waals surface area contributed by atoms with Crippen LogP contribution in [0.1, 0.15) is 44.0 Å². The van der Waals surface area contributed by atoms with Gasteiger partial charge in [-0.05, 0) is 36.6 Å². The molecule has 1 aromatic rings. The van der Waals surface area contributed by atoms with Gasteiger partial charge in [0.15, 0.2) is 0 Å². The Morgan fingerprint density at radius 1 is 1.27 bits per heavy atom. The van der Waals surface area contributed by atoms with Crippen molar-refractivity contribution < 1.29 is 9.59 Å². The third kappa shape index (κ3) is 7.36. The topological polar surface area (TPSA) is 70.2 Å². The van der Waals surface area contributed by atoms with Gasteiger partial charge in [0.25, 0.3) is 5.91 Å². The molecule has 0 bridgehead atoms. The number of carbonyl (C=O) groups is 2. The van der Waals surface area contributed by atoms with E-state index in [9.17, 15) is 9.59 Å². The molecule has 1 heterocycles. The highest BCUT2D eigenvalue weighted by molar-refractivity contribution is 6.34.